The molecule has 0 saturated carbocycles. The number of hydrogen-bond acceptors (Lipinski definition) is 5. The Morgan fingerprint density at radius 1 is 0.966 bits per heavy atom. The van der Waals surface area contributed by atoms with Gasteiger partial charge in [-0.05, 0) is 55.5 Å². The van der Waals surface area contributed by atoms with Gasteiger partial charge in [-0.15, -0.1) is 0 Å². The summed E-state index contributed by atoms with van der Waals surface area (Å²) < 4.78 is 7.38. The fourth-order valence-electron chi connectivity index (χ4n) is 2.89. The van der Waals surface area contributed by atoms with Crippen LogP contribution in [0.3, 0.4) is 0 Å². The predicted molar refractivity (Wildman–Crippen MR) is 115 cm³/mol. The Bertz CT molecular complexity index is 1250. The van der Waals surface area contributed by atoms with Crippen LogP contribution in [0.4, 0.5) is 0 Å². The molecule has 0 aliphatic rings. The minimum absolute atomic E-state index is 0.167. The summed E-state index contributed by atoms with van der Waals surface area (Å²) in [6.07, 6.45) is 0. The Labute approximate surface area is 172 Å². The van der Waals surface area contributed by atoms with Gasteiger partial charge in [0.25, 0.3) is 5.56 Å². The summed E-state index contributed by atoms with van der Waals surface area (Å²) in [5.41, 5.74) is 1.12. The molecule has 0 saturated heterocycles. The molecule has 0 radical (unpaired) electrons. The van der Waals surface area contributed by atoms with Gasteiger partial charge in [0.15, 0.2) is 5.16 Å². The first-order chi connectivity index (χ1) is 14.2. The third-order valence-corrected chi connectivity index (χ3v) is 5.23. The molecule has 0 aliphatic heterocycles. The Morgan fingerprint density at radius 3 is 2.34 bits per heavy atom. The highest BCUT2D eigenvalue weighted by atomic mass is 32.2. The summed E-state index contributed by atoms with van der Waals surface area (Å²) >= 11 is 1.26. The summed E-state index contributed by atoms with van der Waals surface area (Å²) in [6.45, 7) is 1.78. The number of para-hydroxylation sites is 2. The first-order valence-electron chi connectivity index (χ1n) is 9.07. The first-order valence-corrected chi connectivity index (χ1v) is 9.95. The lowest BCUT2D eigenvalue weighted by atomic mass is 10.2. The van der Waals surface area contributed by atoms with E-state index < -0.39 is 0 Å². The fourth-order valence-corrected chi connectivity index (χ4v) is 3.71. The molecule has 4 rings (SSSR count). The first kappa shape index (κ1) is 18.8. The van der Waals surface area contributed by atoms with Gasteiger partial charge < -0.3 is 4.74 Å². The number of rotatable bonds is 5. The molecule has 0 spiro atoms. The zero-order chi connectivity index (χ0) is 20.2. The highest BCUT2D eigenvalue weighted by molar-refractivity contribution is 8.00. The summed E-state index contributed by atoms with van der Waals surface area (Å²) in [4.78, 5) is 17.8. The van der Waals surface area contributed by atoms with Gasteiger partial charge in [-0.1, -0.05) is 42.1 Å². The van der Waals surface area contributed by atoms with Crippen LogP contribution in [0.5, 0.6) is 11.5 Å². The van der Waals surface area contributed by atoms with E-state index in [9.17, 15) is 10.1 Å². The third kappa shape index (κ3) is 4.00. The second kappa shape index (κ2) is 8.21. The Morgan fingerprint density at radius 2 is 1.62 bits per heavy atom. The van der Waals surface area contributed by atoms with Crippen molar-refractivity contribution in [3.8, 4) is 23.3 Å². The highest BCUT2D eigenvalue weighted by Crippen LogP contribution is 2.27. The smallest absolute Gasteiger partial charge is 0.266 e. The number of thioether (sulfide) groups is 1. The van der Waals surface area contributed by atoms with Gasteiger partial charge in [0.05, 0.1) is 27.9 Å². The molecule has 5 nitrogen and oxygen atoms in total. The van der Waals surface area contributed by atoms with Gasteiger partial charge in [0.1, 0.15) is 11.5 Å². The van der Waals surface area contributed by atoms with Crippen LogP contribution in [0.25, 0.3) is 16.6 Å². The van der Waals surface area contributed by atoms with Crippen LogP contribution in [0.1, 0.15) is 6.92 Å². The molecule has 0 N–H and O–H groups in total. The minimum Gasteiger partial charge on any atom is -0.457 e. The van der Waals surface area contributed by atoms with Crippen molar-refractivity contribution in [3.05, 3.63) is 89.2 Å². The van der Waals surface area contributed by atoms with Crippen molar-refractivity contribution in [1.29, 1.82) is 5.26 Å². The number of ether oxygens (including phenoxy) is 1. The van der Waals surface area contributed by atoms with Gasteiger partial charge in [-0.25, -0.2) is 4.98 Å². The molecule has 1 atom stereocenters. The average molecular weight is 399 g/mol. The lowest BCUT2D eigenvalue weighted by Crippen LogP contribution is -2.22. The van der Waals surface area contributed by atoms with Crippen molar-refractivity contribution in [1.82, 2.24) is 9.55 Å². The summed E-state index contributed by atoms with van der Waals surface area (Å²) in [6, 6.07) is 26.2. The molecule has 0 bridgehead atoms. The average Bonchev–Trinajstić information content (AvgIpc) is 2.75. The molecule has 4 aromatic rings. The maximum absolute atomic E-state index is 13.2. The van der Waals surface area contributed by atoms with Crippen molar-refractivity contribution in [2.45, 2.75) is 17.3 Å². The quantitative estimate of drug-likeness (QED) is 0.342. The SMILES string of the molecule is CC(C#N)Sc1nc2ccccc2c(=O)n1-c1ccc(Oc2ccccc2)cc1. The van der Waals surface area contributed by atoms with E-state index in [0.29, 0.717) is 27.5 Å². The van der Waals surface area contributed by atoms with E-state index in [4.69, 9.17) is 4.74 Å². The molecule has 29 heavy (non-hydrogen) atoms. The third-order valence-electron chi connectivity index (χ3n) is 4.28. The van der Waals surface area contributed by atoms with Gasteiger partial charge in [-0.2, -0.15) is 5.26 Å². The van der Waals surface area contributed by atoms with E-state index in [1.54, 1.807) is 23.6 Å². The molecule has 6 heteroatoms. The Kier molecular flexibility index (Phi) is 5.32. The Hall–Kier alpha value is -3.56. The molecule has 3 aromatic carbocycles. The fraction of sp³-hybridized carbons (Fsp3) is 0.0870. The van der Waals surface area contributed by atoms with Crippen molar-refractivity contribution < 1.29 is 4.74 Å². The number of aromatic nitrogens is 2. The Balaban J connectivity index is 1.77. The van der Waals surface area contributed by atoms with E-state index in [0.717, 1.165) is 5.75 Å². The summed E-state index contributed by atoms with van der Waals surface area (Å²) in [5.74, 6) is 1.41. The van der Waals surface area contributed by atoms with E-state index in [1.165, 1.54) is 11.8 Å². The molecule has 0 fully saturated rings. The van der Waals surface area contributed by atoms with Crippen molar-refractivity contribution in [2.75, 3.05) is 0 Å². The maximum atomic E-state index is 13.2. The van der Waals surface area contributed by atoms with Crippen molar-refractivity contribution in [3.63, 3.8) is 0 Å². The normalized spacial score (nSPS) is 11.7. The molecule has 1 heterocycles. The van der Waals surface area contributed by atoms with E-state index in [2.05, 4.69) is 11.1 Å². The van der Waals surface area contributed by atoms with Crippen LogP contribution in [0.15, 0.2) is 88.8 Å². The zero-order valence-electron chi connectivity index (χ0n) is 15.6. The largest absolute Gasteiger partial charge is 0.457 e. The van der Waals surface area contributed by atoms with Crippen molar-refractivity contribution in [2.24, 2.45) is 0 Å². The number of benzene rings is 3. The van der Waals surface area contributed by atoms with Gasteiger partial charge in [-0.3, -0.25) is 9.36 Å². The van der Waals surface area contributed by atoms with Crippen LogP contribution >= 0.6 is 11.8 Å². The predicted octanol–water partition coefficient (Wildman–Crippen LogP) is 5.18. The van der Waals surface area contributed by atoms with E-state index >= 15 is 0 Å². The molecule has 1 unspecified atom stereocenters. The molecular weight excluding hydrogens is 382 g/mol. The van der Waals surface area contributed by atoms with Crippen molar-refractivity contribution >= 4 is 22.7 Å². The van der Waals surface area contributed by atoms with E-state index in [-0.39, 0.29) is 10.8 Å². The topological polar surface area (TPSA) is 67.9 Å². The standard InChI is InChI=1S/C23H17N3O2S/c1-16(15-24)29-23-25-21-10-6-5-9-20(21)22(27)26(23)17-11-13-19(14-12-17)28-18-7-3-2-4-8-18/h2-14,16H,1H3. The lowest BCUT2D eigenvalue weighted by Gasteiger charge is -2.14. The summed E-state index contributed by atoms with van der Waals surface area (Å²) in [7, 11) is 0. The zero-order valence-corrected chi connectivity index (χ0v) is 16.5. The highest BCUT2D eigenvalue weighted by Gasteiger charge is 2.16. The lowest BCUT2D eigenvalue weighted by molar-refractivity contribution is 0.482. The van der Waals surface area contributed by atoms with Crippen LogP contribution in [0, 0.1) is 11.3 Å². The molecule has 0 amide bonds. The number of hydrogen-bond donors (Lipinski definition) is 0. The number of fused-ring (bicyclic) bond motifs is 1. The monoisotopic (exact) mass is 399 g/mol. The minimum atomic E-state index is -0.338. The molecular formula is C23H17N3O2S. The number of nitrogens with zero attached hydrogens (tertiary/aromatic N) is 3. The van der Waals surface area contributed by atoms with Crippen LogP contribution < -0.4 is 10.3 Å². The van der Waals surface area contributed by atoms with Gasteiger partial charge in [0, 0.05) is 0 Å². The van der Waals surface area contributed by atoms with Gasteiger partial charge in [0.2, 0.25) is 0 Å². The van der Waals surface area contributed by atoms with Crippen LogP contribution in [-0.2, 0) is 0 Å². The molecule has 142 valence electrons. The second-order valence-corrected chi connectivity index (χ2v) is 7.66. The maximum Gasteiger partial charge on any atom is 0.266 e. The second-order valence-electron chi connectivity index (χ2n) is 6.35. The number of nitriles is 1. The molecule has 1 aromatic heterocycles. The van der Waals surface area contributed by atoms with Gasteiger partial charge >= 0.3 is 0 Å². The van der Waals surface area contributed by atoms with Crippen LogP contribution in [0.2, 0.25) is 0 Å². The van der Waals surface area contributed by atoms with E-state index in [1.807, 2.05) is 66.7 Å². The molecule has 0 aliphatic carbocycles. The summed E-state index contributed by atoms with van der Waals surface area (Å²) in [5, 5.41) is 9.90. The van der Waals surface area contributed by atoms with Crippen LogP contribution in [-0.4, -0.2) is 14.8 Å².